The summed E-state index contributed by atoms with van der Waals surface area (Å²) >= 11 is 0. The van der Waals surface area contributed by atoms with Gasteiger partial charge in [0.2, 0.25) is 11.8 Å². The number of nitrogens with zero attached hydrogens (tertiary/aromatic N) is 2. The van der Waals surface area contributed by atoms with Crippen LogP contribution in [-0.4, -0.2) is 42.1 Å². The number of imide groups is 1. The van der Waals surface area contributed by atoms with E-state index in [0.717, 1.165) is 11.3 Å². The lowest BCUT2D eigenvalue weighted by Gasteiger charge is -2.37. The van der Waals surface area contributed by atoms with E-state index in [-0.39, 0.29) is 17.5 Å². The minimum atomic E-state index is -5.15. The van der Waals surface area contributed by atoms with Gasteiger partial charge in [-0.25, -0.2) is 0 Å². The van der Waals surface area contributed by atoms with Gasteiger partial charge in [-0.15, -0.1) is 0 Å². The molecule has 164 valence electrons. The van der Waals surface area contributed by atoms with Crippen LogP contribution < -0.4 is 9.64 Å². The number of anilines is 1. The Morgan fingerprint density at radius 2 is 1.61 bits per heavy atom. The second-order valence-electron chi connectivity index (χ2n) is 8.56. The van der Waals surface area contributed by atoms with Crippen molar-refractivity contribution in [2.24, 2.45) is 35.5 Å². The quantitative estimate of drug-likeness (QED) is 0.528. The first kappa shape index (κ1) is 20.1. The first-order valence-corrected chi connectivity index (χ1v) is 10.4. The van der Waals surface area contributed by atoms with E-state index < -0.39 is 42.4 Å². The monoisotopic (exact) mass is 434 g/mol. The number of carbonyl (C=O) groups is 3. The number of allylic oxidation sites excluding steroid dienone is 2. The molecule has 2 bridgehead atoms. The number of likely N-dealkylation sites (tertiary alicyclic amines) is 1. The lowest BCUT2D eigenvalue weighted by molar-refractivity contribution is -0.171. The fraction of sp³-hybridized carbons (Fsp3) is 0.500. The summed E-state index contributed by atoms with van der Waals surface area (Å²) in [6.07, 6.45) is -0.195. The highest BCUT2D eigenvalue weighted by atomic mass is 19.4. The smallest absolute Gasteiger partial charge is 0.471 e. The van der Waals surface area contributed by atoms with E-state index in [9.17, 15) is 27.6 Å². The molecule has 0 N–H and O–H groups in total. The Hall–Kier alpha value is -2.84. The molecule has 1 heterocycles. The first-order chi connectivity index (χ1) is 14.7. The summed E-state index contributed by atoms with van der Waals surface area (Å²) in [5.41, 5.74) is -0.0646. The molecular weight excluding hydrogens is 413 g/mol. The molecule has 6 nitrogen and oxygen atoms in total. The molecule has 1 saturated heterocycles. The highest BCUT2D eigenvalue weighted by Gasteiger charge is 2.67. The van der Waals surface area contributed by atoms with Crippen molar-refractivity contribution in [3.8, 4) is 5.75 Å². The van der Waals surface area contributed by atoms with Crippen LogP contribution in [0.25, 0.3) is 0 Å². The number of rotatable bonds is 5. The molecule has 0 unspecified atom stereocenters. The number of benzene rings is 1. The average molecular weight is 434 g/mol. The summed E-state index contributed by atoms with van der Waals surface area (Å²) in [6, 6.07) is 5.52. The predicted molar refractivity (Wildman–Crippen MR) is 103 cm³/mol. The molecular formula is C22H21F3N2O4. The standard InChI is InChI=1S/C22H21F3N2O4/c1-2-31-12-5-3-11(4-6-12)26(21(30)22(23,24)25)10-27-19(28)17-13-7-8-14(16-9-15(13)16)18(17)20(27)29/h3-8,13-18H,2,9-10H2,1H3/t13-,14-,15-,16+,17-,18+/m0/s1. The Labute approximate surface area is 176 Å². The maximum atomic E-state index is 13.3. The van der Waals surface area contributed by atoms with Gasteiger partial charge < -0.3 is 4.74 Å². The van der Waals surface area contributed by atoms with E-state index in [4.69, 9.17) is 4.74 Å². The van der Waals surface area contributed by atoms with Crippen LogP contribution in [0.4, 0.5) is 18.9 Å². The van der Waals surface area contributed by atoms with Gasteiger partial charge in [-0.3, -0.25) is 24.2 Å². The van der Waals surface area contributed by atoms with Crippen molar-refractivity contribution in [3.63, 3.8) is 0 Å². The molecule has 1 aromatic carbocycles. The summed E-state index contributed by atoms with van der Waals surface area (Å²) in [5, 5.41) is 0. The van der Waals surface area contributed by atoms with Crippen molar-refractivity contribution in [2.45, 2.75) is 19.5 Å². The molecule has 6 atom stereocenters. The van der Waals surface area contributed by atoms with Gasteiger partial charge in [-0.2, -0.15) is 13.2 Å². The lowest BCUT2D eigenvalue weighted by Crippen LogP contribution is -2.49. The van der Waals surface area contributed by atoms with Crippen LogP contribution in [-0.2, 0) is 14.4 Å². The SMILES string of the molecule is CCOc1ccc(N(CN2C(=O)[C@@H]3[C@H]4C=C[C@@H]([C@@H]5C[C@H]45)[C@@H]3C2=O)C(=O)C(F)(F)F)cc1. The van der Waals surface area contributed by atoms with Gasteiger partial charge in [0.05, 0.1) is 18.4 Å². The molecule has 3 amide bonds. The average Bonchev–Trinajstić information content (AvgIpc) is 3.52. The van der Waals surface area contributed by atoms with Crippen LogP contribution in [0.1, 0.15) is 13.3 Å². The van der Waals surface area contributed by atoms with E-state index in [1.54, 1.807) is 6.92 Å². The summed E-state index contributed by atoms with van der Waals surface area (Å²) in [6.45, 7) is 1.39. The lowest BCUT2D eigenvalue weighted by atomic mass is 9.63. The predicted octanol–water partition coefficient (Wildman–Crippen LogP) is 2.99. The maximum Gasteiger partial charge on any atom is 0.471 e. The van der Waals surface area contributed by atoms with Gasteiger partial charge in [0.15, 0.2) is 0 Å². The number of amides is 3. The zero-order chi connectivity index (χ0) is 22.1. The molecule has 5 aliphatic rings. The third kappa shape index (κ3) is 3.04. The molecule has 1 aromatic rings. The van der Waals surface area contributed by atoms with Gasteiger partial charge in [-0.1, -0.05) is 12.2 Å². The zero-order valence-electron chi connectivity index (χ0n) is 16.7. The van der Waals surface area contributed by atoms with E-state index >= 15 is 0 Å². The molecule has 4 aliphatic carbocycles. The highest BCUT2D eigenvalue weighted by molar-refractivity contribution is 6.07. The Morgan fingerprint density at radius 1 is 1.06 bits per heavy atom. The molecule has 0 spiro atoms. The second-order valence-corrected chi connectivity index (χ2v) is 8.56. The maximum absolute atomic E-state index is 13.3. The van der Waals surface area contributed by atoms with Crippen LogP contribution in [0.2, 0.25) is 0 Å². The summed E-state index contributed by atoms with van der Waals surface area (Å²) in [4.78, 5) is 39.7. The van der Waals surface area contributed by atoms with Crippen LogP contribution in [0, 0.1) is 35.5 Å². The number of carbonyl (C=O) groups excluding carboxylic acids is 3. The Balaban J connectivity index is 1.44. The topological polar surface area (TPSA) is 66.9 Å². The third-order valence-electron chi connectivity index (χ3n) is 6.98. The molecule has 6 rings (SSSR count). The Morgan fingerprint density at radius 3 is 2.10 bits per heavy atom. The fourth-order valence-electron chi connectivity index (χ4n) is 5.60. The van der Waals surface area contributed by atoms with Crippen molar-refractivity contribution >= 4 is 23.4 Å². The summed E-state index contributed by atoms with van der Waals surface area (Å²) < 4.78 is 45.3. The van der Waals surface area contributed by atoms with Crippen LogP contribution in [0.3, 0.4) is 0 Å². The second kappa shape index (κ2) is 6.83. The molecule has 0 radical (unpaired) electrons. The van der Waals surface area contributed by atoms with E-state index in [1.807, 2.05) is 12.2 Å². The number of hydrogen-bond donors (Lipinski definition) is 0. The molecule has 0 aromatic heterocycles. The fourth-order valence-corrected chi connectivity index (χ4v) is 5.60. The summed E-state index contributed by atoms with van der Waals surface area (Å²) in [5.74, 6) is -3.04. The van der Waals surface area contributed by atoms with Crippen LogP contribution in [0.15, 0.2) is 36.4 Å². The van der Waals surface area contributed by atoms with Gasteiger partial charge in [-0.05, 0) is 61.3 Å². The minimum absolute atomic E-state index is 0.0429. The molecule has 2 saturated carbocycles. The largest absolute Gasteiger partial charge is 0.494 e. The van der Waals surface area contributed by atoms with Crippen molar-refractivity contribution in [1.29, 1.82) is 0 Å². The summed E-state index contributed by atoms with van der Waals surface area (Å²) in [7, 11) is 0. The minimum Gasteiger partial charge on any atom is -0.494 e. The van der Waals surface area contributed by atoms with E-state index in [1.165, 1.54) is 24.3 Å². The molecule has 9 heteroatoms. The molecule has 3 fully saturated rings. The Kier molecular flexibility index (Phi) is 4.43. The van der Waals surface area contributed by atoms with E-state index in [2.05, 4.69) is 0 Å². The normalized spacial score (nSPS) is 32.7. The highest BCUT2D eigenvalue weighted by Crippen LogP contribution is 2.65. The molecule has 31 heavy (non-hydrogen) atoms. The van der Waals surface area contributed by atoms with Crippen molar-refractivity contribution in [3.05, 3.63) is 36.4 Å². The van der Waals surface area contributed by atoms with Crippen molar-refractivity contribution in [1.82, 2.24) is 4.90 Å². The van der Waals surface area contributed by atoms with Crippen molar-refractivity contribution < 1.29 is 32.3 Å². The molecule has 1 aliphatic heterocycles. The first-order valence-electron chi connectivity index (χ1n) is 10.4. The third-order valence-corrected chi connectivity index (χ3v) is 6.98. The number of halogens is 3. The van der Waals surface area contributed by atoms with Crippen molar-refractivity contribution in [2.75, 3.05) is 18.2 Å². The number of hydrogen-bond acceptors (Lipinski definition) is 4. The zero-order valence-corrected chi connectivity index (χ0v) is 16.7. The van der Waals surface area contributed by atoms with Gasteiger partial charge >= 0.3 is 12.1 Å². The van der Waals surface area contributed by atoms with Crippen LogP contribution in [0.5, 0.6) is 5.75 Å². The number of alkyl halides is 3. The van der Waals surface area contributed by atoms with Crippen LogP contribution >= 0.6 is 0 Å². The van der Waals surface area contributed by atoms with Gasteiger partial charge in [0.1, 0.15) is 12.4 Å². The van der Waals surface area contributed by atoms with Gasteiger partial charge in [0, 0.05) is 5.69 Å². The Bertz CT molecular complexity index is 938. The van der Waals surface area contributed by atoms with E-state index in [0.29, 0.717) is 29.1 Å². The van der Waals surface area contributed by atoms with Gasteiger partial charge in [0.25, 0.3) is 0 Å². The number of ether oxygens (including phenoxy) is 1.